The maximum Gasteiger partial charge on any atom is 2.00 e. The second-order valence-electron chi connectivity index (χ2n) is 0. The molecular formula is CsI3Zn. The molecule has 0 aliphatic heterocycles. The Hall–Kier alpha value is 4.87. The van der Waals surface area contributed by atoms with Crippen LogP contribution in [0.3, 0.4) is 0 Å². The fourth-order valence-corrected chi connectivity index (χ4v) is 0. The van der Waals surface area contributed by atoms with Crippen molar-refractivity contribution < 1.29 is 160 Å². The van der Waals surface area contributed by atoms with Crippen molar-refractivity contribution in [1.82, 2.24) is 0 Å². The van der Waals surface area contributed by atoms with Gasteiger partial charge in [0.15, 0.2) is 0 Å². The first-order chi connectivity index (χ1) is 0. The monoisotopic (exact) mass is 578 g/mol. The fourth-order valence-electron chi connectivity index (χ4n) is 0. The van der Waals surface area contributed by atoms with Crippen molar-refractivity contribution in [3.63, 3.8) is 0 Å². The van der Waals surface area contributed by atoms with Gasteiger partial charge in [-0.25, -0.2) is 0 Å². The Morgan fingerprint density at radius 3 is 0.600 bits per heavy atom. The van der Waals surface area contributed by atoms with Crippen LogP contribution in [0.4, 0.5) is 0 Å². The summed E-state index contributed by atoms with van der Waals surface area (Å²) in [5.41, 5.74) is 0. The van der Waals surface area contributed by atoms with Crippen molar-refractivity contribution in [3.8, 4) is 0 Å². The predicted molar refractivity (Wildman–Crippen MR) is 0 cm³/mol. The molecule has 0 N–H and O–H groups in total. The molecule has 0 aliphatic rings. The van der Waals surface area contributed by atoms with Crippen molar-refractivity contribution >= 4 is 0 Å². The maximum atomic E-state index is 0. The average Bonchev–Trinajstić information content (AvgIpc) is 0. The largest absolute Gasteiger partial charge is 2.00 e. The molecule has 0 spiro atoms. The van der Waals surface area contributed by atoms with Gasteiger partial charge in [0.1, 0.15) is 0 Å². The van der Waals surface area contributed by atoms with E-state index < -0.39 is 0 Å². The average molecular weight is 579 g/mol. The van der Waals surface area contributed by atoms with Gasteiger partial charge in [0.05, 0.1) is 0 Å². The first-order valence-electron chi connectivity index (χ1n) is 0. The number of rotatable bonds is 0. The van der Waals surface area contributed by atoms with E-state index in [4.69, 9.17) is 0 Å². The maximum absolute atomic E-state index is 0. The molecular weight excluding hydrogens is 579 g/mol. The summed E-state index contributed by atoms with van der Waals surface area (Å²) in [5, 5.41) is 0. The van der Waals surface area contributed by atoms with Crippen molar-refractivity contribution in [2.24, 2.45) is 0 Å². The summed E-state index contributed by atoms with van der Waals surface area (Å²) >= 11 is 0. The van der Waals surface area contributed by atoms with E-state index in [1.807, 2.05) is 0 Å². The van der Waals surface area contributed by atoms with Crippen LogP contribution in [0.2, 0.25) is 0 Å². The van der Waals surface area contributed by atoms with Crippen LogP contribution in [-0.4, -0.2) is 0 Å². The van der Waals surface area contributed by atoms with Crippen molar-refractivity contribution in [2.75, 3.05) is 0 Å². The fraction of sp³-hybridized carbons (Fsp3) is 0. The normalized spacial score (nSPS) is 0. The number of hydrogen-bond acceptors (Lipinski definition) is 0. The van der Waals surface area contributed by atoms with Crippen molar-refractivity contribution in [2.45, 2.75) is 0 Å². The predicted octanol–water partition coefficient (Wildman–Crippen LogP) is -12.0. The zero-order valence-electron chi connectivity index (χ0n) is 2.84. The minimum atomic E-state index is 0. The smallest absolute Gasteiger partial charge is 1.00 e. The molecule has 0 bridgehead atoms. The van der Waals surface area contributed by atoms with Crippen LogP contribution in [0, 0.1) is 0 Å². The summed E-state index contributed by atoms with van der Waals surface area (Å²) in [6.45, 7) is 0. The van der Waals surface area contributed by atoms with Crippen LogP contribution >= 0.6 is 0 Å². The van der Waals surface area contributed by atoms with E-state index in [9.17, 15) is 0 Å². The first-order valence-corrected chi connectivity index (χ1v) is 0. The van der Waals surface area contributed by atoms with Crippen LogP contribution in [0.25, 0.3) is 0 Å². The van der Waals surface area contributed by atoms with E-state index in [1.165, 1.54) is 0 Å². The van der Waals surface area contributed by atoms with E-state index >= 15 is 0 Å². The van der Waals surface area contributed by atoms with Gasteiger partial charge in [-0.1, -0.05) is 0 Å². The Bertz CT molecular complexity index is 6.85. The summed E-state index contributed by atoms with van der Waals surface area (Å²) in [5.74, 6) is 0. The summed E-state index contributed by atoms with van der Waals surface area (Å²) in [7, 11) is 0. The molecule has 0 atom stereocenters. The third-order valence-corrected chi connectivity index (χ3v) is 0. The molecule has 0 aromatic rings. The van der Waals surface area contributed by atoms with E-state index in [2.05, 4.69) is 0 Å². The molecule has 0 aliphatic carbocycles. The Morgan fingerprint density at radius 1 is 0.600 bits per heavy atom. The molecule has 0 saturated carbocycles. The van der Waals surface area contributed by atoms with Gasteiger partial charge in [-0.15, -0.1) is 0 Å². The van der Waals surface area contributed by atoms with Gasteiger partial charge in [0.2, 0.25) is 0 Å². The van der Waals surface area contributed by atoms with Gasteiger partial charge in [-0.05, 0) is 0 Å². The molecule has 5 heteroatoms. The van der Waals surface area contributed by atoms with E-state index in [-0.39, 0.29) is 160 Å². The molecule has 0 amide bonds. The van der Waals surface area contributed by atoms with Gasteiger partial charge < -0.3 is 71.9 Å². The van der Waals surface area contributed by atoms with Crippen LogP contribution in [0.5, 0.6) is 0 Å². The Balaban J connectivity index is 0. The van der Waals surface area contributed by atoms with Gasteiger partial charge in [0, 0.05) is 0 Å². The van der Waals surface area contributed by atoms with E-state index in [0.717, 1.165) is 0 Å². The zero-order valence-corrected chi connectivity index (χ0v) is 18.6. The third kappa shape index (κ3) is 17.7. The van der Waals surface area contributed by atoms with Crippen LogP contribution in [0.15, 0.2) is 0 Å². The molecule has 5 heavy (non-hydrogen) atoms. The Morgan fingerprint density at radius 2 is 0.600 bits per heavy atom. The van der Waals surface area contributed by atoms with Gasteiger partial charge in [-0.3, -0.25) is 0 Å². The molecule has 0 aromatic heterocycles. The second kappa shape index (κ2) is 23.2. The molecule has 0 unspecified atom stereocenters. The summed E-state index contributed by atoms with van der Waals surface area (Å²) < 4.78 is 0. The van der Waals surface area contributed by atoms with Gasteiger partial charge in [0.25, 0.3) is 0 Å². The van der Waals surface area contributed by atoms with Crippen LogP contribution < -0.4 is 141 Å². The zero-order chi connectivity index (χ0) is 0. The molecule has 0 nitrogen and oxygen atoms in total. The summed E-state index contributed by atoms with van der Waals surface area (Å²) in [4.78, 5) is 0. The quantitative estimate of drug-likeness (QED) is 0.198. The molecule has 0 fully saturated rings. The van der Waals surface area contributed by atoms with E-state index in [0.29, 0.717) is 0 Å². The van der Waals surface area contributed by atoms with Crippen molar-refractivity contribution in [1.29, 1.82) is 0 Å². The molecule has 0 saturated heterocycles. The topological polar surface area (TPSA) is 0 Å². The Kier molecular flexibility index (Phi) is 152. The molecule has 0 aromatic carbocycles. The minimum absolute atomic E-state index is 0. The van der Waals surface area contributed by atoms with E-state index in [1.54, 1.807) is 0 Å². The van der Waals surface area contributed by atoms with Gasteiger partial charge >= 0.3 is 88.4 Å². The second-order valence-corrected chi connectivity index (χ2v) is 0. The molecule has 0 rings (SSSR count). The van der Waals surface area contributed by atoms with Crippen LogP contribution in [-0.2, 0) is 19.5 Å². The first kappa shape index (κ1) is 32.8. The number of halogens is 3. The minimum Gasteiger partial charge on any atom is -1.00 e. The SMILES string of the molecule is [Cs+].[I-].[I-].[I-].[Zn+2]. The van der Waals surface area contributed by atoms with Crippen molar-refractivity contribution in [3.05, 3.63) is 0 Å². The standard InChI is InChI=1S/Cs.3HI.Zn/h;3*1H;/q+1;;;;+2/p-3. The summed E-state index contributed by atoms with van der Waals surface area (Å²) in [6.07, 6.45) is 0. The summed E-state index contributed by atoms with van der Waals surface area (Å²) in [6, 6.07) is 0. The van der Waals surface area contributed by atoms with Crippen LogP contribution in [0.1, 0.15) is 0 Å². The number of hydrogen-bond donors (Lipinski definition) is 0. The van der Waals surface area contributed by atoms with Gasteiger partial charge in [-0.2, -0.15) is 0 Å². The Labute approximate surface area is 155 Å². The molecule has 0 heterocycles. The molecule has 24 valence electrons. The third-order valence-electron chi connectivity index (χ3n) is 0. The molecule has 0 radical (unpaired) electrons.